The number of anilines is 3. The maximum absolute atomic E-state index is 5.56. The minimum absolute atomic E-state index is 0.0183. The monoisotopic (exact) mass is 946 g/mol. The van der Waals surface area contributed by atoms with Gasteiger partial charge >= 0.3 is 0 Å². The van der Waals surface area contributed by atoms with Crippen molar-refractivity contribution < 1.29 is 0 Å². The van der Waals surface area contributed by atoms with Crippen molar-refractivity contribution >= 4 is 76.3 Å². The Labute approximate surface area is 389 Å². The topological polar surface area (TPSA) is 57.5 Å². The van der Waals surface area contributed by atoms with Crippen LogP contribution in [-0.4, -0.2) is 49.6 Å². The van der Waals surface area contributed by atoms with Crippen molar-refractivity contribution in [1.82, 2.24) is 15.0 Å². The van der Waals surface area contributed by atoms with E-state index in [-0.39, 0.29) is 51.5 Å². The largest absolute Gasteiger partial charge is 0.333 e. The predicted molar refractivity (Wildman–Crippen MR) is 278 cm³/mol. The molecule has 8 aromatic rings. The first-order chi connectivity index (χ1) is 32.2. The molecule has 1 aromatic heterocycles. The molecule has 308 valence electrons. The van der Waals surface area contributed by atoms with Crippen LogP contribution in [0, 0.1) is 0 Å². The van der Waals surface area contributed by atoms with Crippen molar-refractivity contribution in [1.29, 1.82) is 0 Å². The fourth-order valence-electron chi connectivity index (χ4n) is 10.5. The van der Waals surface area contributed by atoms with E-state index in [0.717, 1.165) is 28.2 Å². The number of nitrogens with zero attached hydrogens (tertiary/aromatic N) is 6. The lowest BCUT2D eigenvalue weighted by atomic mass is 9.36. The number of hydrogen-bond acceptors (Lipinski definition) is 6. The van der Waals surface area contributed by atoms with Crippen LogP contribution < -0.4 is 26.2 Å². The Morgan fingerprint density at radius 1 is 0.477 bits per heavy atom. The molecule has 0 amide bonds. The van der Waals surface area contributed by atoms with Crippen LogP contribution in [0.4, 0.5) is 17.1 Å². The summed E-state index contributed by atoms with van der Waals surface area (Å²) in [6.45, 7) is 0.0908. The van der Waals surface area contributed by atoms with Crippen LogP contribution in [0.3, 0.4) is 0 Å². The standard InChI is InChI=1S/C57H40BIN6/c1-5-16-37(17-6-1)54-61-55(38-18-7-2-8-19-38)63-56(62-54)39-20-15-25-43(32-39)64-50-27-14-13-26-44(50)47-34-45-46-33-42(58(40-21-9-3-10-22-40)41-23-11-4-12-24-41)28-29-51(46)65-52-30-31-59-36-49(52)60-57(65)48(45)35-53(47)64/h1-36,47,49,52-53H. The van der Waals surface area contributed by atoms with Crippen LogP contribution in [-0.2, 0) is 0 Å². The van der Waals surface area contributed by atoms with Gasteiger partial charge in [0.1, 0.15) is 11.9 Å². The number of para-hydroxylation sites is 1. The molecule has 0 radical (unpaired) electrons. The summed E-state index contributed by atoms with van der Waals surface area (Å²) in [6, 6.07) is 67.5. The fourth-order valence-corrected chi connectivity index (χ4v) is 12.4. The molecule has 7 aromatic carbocycles. The van der Waals surface area contributed by atoms with Gasteiger partial charge in [-0.15, -0.1) is 0 Å². The minimum atomic E-state index is -0.133. The van der Waals surface area contributed by atoms with Gasteiger partial charge in [-0.3, -0.25) is 4.99 Å². The summed E-state index contributed by atoms with van der Waals surface area (Å²) >= 11 is -0.133. The summed E-state index contributed by atoms with van der Waals surface area (Å²) in [4.78, 5) is 25.8. The molecule has 4 unspecified atom stereocenters. The number of aliphatic imine (C=N–C) groups is 1. The highest BCUT2D eigenvalue weighted by Crippen LogP contribution is 2.54. The number of benzene rings is 7. The third-order valence-electron chi connectivity index (χ3n) is 13.4. The Kier molecular flexibility index (Phi) is 9.25. The van der Waals surface area contributed by atoms with Crippen molar-refractivity contribution in [3.63, 3.8) is 0 Å². The van der Waals surface area contributed by atoms with Gasteiger partial charge in [0.15, 0.2) is 17.5 Å². The van der Waals surface area contributed by atoms with E-state index in [2.05, 4.69) is 188 Å². The average molecular weight is 947 g/mol. The molecule has 0 saturated carbocycles. The van der Waals surface area contributed by atoms with Crippen molar-refractivity contribution in [3.05, 3.63) is 227 Å². The number of amidine groups is 1. The number of fused-ring (bicyclic) bond motifs is 11. The first-order valence-corrected chi connectivity index (χ1v) is 24.8. The molecular weight excluding hydrogens is 906 g/mol. The van der Waals surface area contributed by atoms with Crippen LogP contribution in [0.2, 0.25) is 0 Å². The van der Waals surface area contributed by atoms with Crippen molar-refractivity contribution in [2.24, 2.45) is 4.99 Å². The molecule has 1 aliphatic carbocycles. The van der Waals surface area contributed by atoms with Gasteiger partial charge in [0.05, 0.1) is 17.8 Å². The SMILES string of the molecule is C1=CC2C(C=I1)N=C1C3=CC4C(C=C3c3cc(B(c5ccccc5)c5ccccc5)ccc3N12)c1ccccc1N4c1cccc(-c2nc(-c3ccccc3)nc(-c3ccccc3)n2)c1. The molecule has 0 N–H and O–H groups in total. The number of aromatic nitrogens is 3. The Morgan fingerprint density at radius 3 is 1.78 bits per heavy atom. The van der Waals surface area contributed by atoms with Crippen molar-refractivity contribution in [2.45, 2.75) is 24.0 Å². The van der Waals surface area contributed by atoms with Gasteiger partial charge in [-0.25, -0.2) is 15.0 Å². The predicted octanol–water partition coefficient (Wildman–Crippen LogP) is 10.3. The Hall–Kier alpha value is -7.30. The molecule has 0 fully saturated rings. The van der Waals surface area contributed by atoms with Crippen molar-refractivity contribution in [2.75, 3.05) is 9.80 Å². The number of halogens is 1. The summed E-state index contributed by atoms with van der Waals surface area (Å²) in [6.07, 6.45) is 7.50. The van der Waals surface area contributed by atoms with Crippen LogP contribution >= 0.6 is 20.7 Å². The lowest BCUT2D eigenvalue weighted by molar-refractivity contribution is 0.742. The third kappa shape index (κ3) is 6.49. The van der Waals surface area contributed by atoms with E-state index < -0.39 is 0 Å². The molecule has 13 rings (SSSR count). The smallest absolute Gasteiger partial charge is 0.241 e. The highest BCUT2D eigenvalue weighted by molar-refractivity contribution is 14.2. The maximum Gasteiger partial charge on any atom is 0.241 e. The van der Waals surface area contributed by atoms with E-state index >= 15 is 0 Å². The van der Waals surface area contributed by atoms with E-state index in [1.165, 1.54) is 50.0 Å². The van der Waals surface area contributed by atoms with Gasteiger partial charge in [0, 0.05) is 45.1 Å². The molecule has 6 nitrogen and oxygen atoms in total. The van der Waals surface area contributed by atoms with Gasteiger partial charge in [0.2, 0.25) is 6.71 Å². The first-order valence-electron chi connectivity index (χ1n) is 22.3. The van der Waals surface area contributed by atoms with E-state index in [1.54, 1.807) is 0 Å². The highest BCUT2D eigenvalue weighted by Gasteiger charge is 2.47. The van der Waals surface area contributed by atoms with Gasteiger partial charge < -0.3 is 9.80 Å². The maximum atomic E-state index is 5.56. The summed E-state index contributed by atoms with van der Waals surface area (Å²) in [5.41, 5.74) is 15.3. The zero-order valence-electron chi connectivity index (χ0n) is 35.2. The highest BCUT2D eigenvalue weighted by atomic mass is 127. The summed E-state index contributed by atoms with van der Waals surface area (Å²) in [5, 5.41) is 0. The molecule has 4 aliphatic heterocycles. The molecule has 8 heteroatoms. The van der Waals surface area contributed by atoms with E-state index in [0.29, 0.717) is 17.5 Å². The Bertz CT molecular complexity index is 3220. The molecule has 0 saturated heterocycles. The number of rotatable bonds is 7. The van der Waals surface area contributed by atoms with E-state index in [4.69, 9.17) is 19.9 Å². The second-order valence-electron chi connectivity index (χ2n) is 17.1. The van der Waals surface area contributed by atoms with Crippen LogP contribution in [0.25, 0.3) is 39.7 Å². The van der Waals surface area contributed by atoms with Gasteiger partial charge in [-0.1, -0.05) is 213 Å². The van der Waals surface area contributed by atoms with Crippen LogP contribution in [0.1, 0.15) is 17.0 Å². The summed E-state index contributed by atoms with van der Waals surface area (Å²) < 4.78 is 4.89. The molecule has 5 heterocycles. The van der Waals surface area contributed by atoms with Crippen molar-refractivity contribution in [3.8, 4) is 34.2 Å². The quantitative estimate of drug-likeness (QED) is 0.118. The average Bonchev–Trinajstić information content (AvgIpc) is 3.93. The minimum Gasteiger partial charge on any atom is -0.333 e. The zero-order valence-corrected chi connectivity index (χ0v) is 37.4. The van der Waals surface area contributed by atoms with E-state index in [1.807, 2.05) is 36.4 Å². The second-order valence-corrected chi connectivity index (χ2v) is 19.3. The first kappa shape index (κ1) is 38.2. The van der Waals surface area contributed by atoms with Gasteiger partial charge in [0.25, 0.3) is 0 Å². The second kappa shape index (κ2) is 15.7. The zero-order chi connectivity index (χ0) is 42.8. The molecule has 4 atom stereocenters. The van der Waals surface area contributed by atoms with E-state index in [9.17, 15) is 0 Å². The van der Waals surface area contributed by atoms with Crippen LogP contribution in [0.5, 0.6) is 0 Å². The summed E-state index contributed by atoms with van der Waals surface area (Å²) in [7, 11) is 0. The molecule has 0 spiro atoms. The lowest BCUT2D eigenvalue weighted by Gasteiger charge is -2.40. The van der Waals surface area contributed by atoms with Gasteiger partial charge in [-0.05, 0) is 49.6 Å². The molecular formula is C57H40BIN6. The fraction of sp³-hybridized carbons (Fsp3) is 0.0702. The normalized spacial score (nSPS) is 19.6. The lowest BCUT2D eigenvalue weighted by Crippen LogP contribution is -2.52. The summed E-state index contributed by atoms with van der Waals surface area (Å²) in [5.74, 6) is 3.14. The van der Waals surface area contributed by atoms with Gasteiger partial charge in [-0.2, -0.15) is 0 Å². The van der Waals surface area contributed by atoms with Crippen LogP contribution in [0.15, 0.2) is 221 Å². The third-order valence-corrected chi connectivity index (χ3v) is 15.4. The molecule has 5 aliphatic rings. The Morgan fingerprint density at radius 2 is 1.09 bits per heavy atom. The molecule has 0 bridgehead atoms. The number of hydrogen-bond donors (Lipinski definition) is 0. The Balaban J connectivity index is 0.956. The molecule has 65 heavy (non-hydrogen) atoms.